The van der Waals surface area contributed by atoms with E-state index in [1.54, 1.807) is 13.0 Å². The summed E-state index contributed by atoms with van der Waals surface area (Å²) in [7, 11) is 0. The first kappa shape index (κ1) is 14.1. The van der Waals surface area contributed by atoms with Gasteiger partial charge in [0.25, 0.3) is 0 Å². The Morgan fingerprint density at radius 2 is 2.15 bits per heavy atom. The van der Waals surface area contributed by atoms with Crippen LogP contribution in [0.25, 0.3) is 0 Å². The number of amides is 1. The normalized spacial score (nSPS) is 15.8. The zero-order valence-electron chi connectivity index (χ0n) is 11.7. The molecule has 0 aromatic heterocycles. The van der Waals surface area contributed by atoms with E-state index < -0.39 is 0 Å². The van der Waals surface area contributed by atoms with Crippen LogP contribution in [0, 0.1) is 0 Å². The van der Waals surface area contributed by atoms with E-state index in [2.05, 4.69) is 15.2 Å². The van der Waals surface area contributed by atoms with Gasteiger partial charge in [-0.05, 0) is 44.0 Å². The van der Waals surface area contributed by atoms with Gasteiger partial charge in [0.15, 0.2) is 5.96 Å². The number of nitrogens with zero attached hydrogens (tertiary/aromatic N) is 2. The number of nitrogens with one attached hydrogen (secondary N) is 1. The van der Waals surface area contributed by atoms with Crippen molar-refractivity contribution in [3.05, 3.63) is 36.4 Å². The third kappa shape index (κ3) is 3.85. The van der Waals surface area contributed by atoms with Crippen LogP contribution in [0.3, 0.4) is 0 Å². The number of carbonyl (C=O) groups is 1. The summed E-state index contributed by atoms with van der Waals surface area (Å²) in [5.74, 6) is 0.389. The minimum atomic E-state index is -0.152. The molecule has 0 bridgehead atoms. The maximum absolute atomic E-state index is 11.5. The monoisotopic (exact) mass is 272 g/mol. The van der Waals surface area contributed by atoms with Crippen LogP contribution in [0.5, 0.6) is 0 Å². The maximum Gasteiger partial charge on any atom is 0.248 e. The van der Waals surface area contributed by atoms with Crippen LogP contribution in [-0.2, 0) is 4.79 Å². The number of benzene rings is 1. The summed E-state index contributed by atoms with van der Waals surface area (Å²) in [6.07, 6.45) is 5.50. The van der Waals surface area contributed by atoms with E-state index in [0.717, 1.165) is 31.6 Å². The first-order chi connectivity index (χ1) is 9.69. The molecular weight excluding hydrogens is 252 g/mol. The third-order valence-corrected chi connectivity index (χ3v) is 3.11. The Bertz CT molecular complexity index is 530. The van der Waals surface area contributed by atoms with Gasteiger partial charge in [0, 0.05) is 18.8 Å². The summed E-state index contributed by atoms with van der Waals surface area (Å²) in [5, 5.41) is 2.78. The molecule has 0 aliphatic carbocycles. The van der Waals surface area contributed by atoms with Crippen LogP contribution in [-0.4, -0.2) is 29.9 Å². The van der Waals surface area contributed by atoms with Gasteiger partial charge in [0.05, 0.1) is 5.69 Å². The van der Waals surface area contributed by atoms with Crippen molar-refractivity contribution in [2.75, 3.05) is 18.4 Å². The van der Waals surface area contributed by atoms with Crippen LogP contribution in [0.2, 0.25) is 0 Å². The molecule has 106 valence electrons. The highest BCUT2D eigenvalue weighted by atomic mass is 16.1. The Labute approximate surface area is 119 Å². The number of nitrogens with two attached hydrogens (primary N) is 1. The van der Waals surface area contributed by atoms with Gasteiger partial charge < -0.3 is 16.0 Å². The molecule has 1 fully saturated rings. The van der Waals surface area contributed by atoms with Gasteiger partial charge in [-0.25, -0.2) is 4.99 Å². The fraction of sp³-hybridized carbons (Fsp3) is 0.333. The van der Waals surface area contributed by atoms with Gasteiger partial charge in [-0.3, -0.25) is 4.79 Å². The summed E-state index contributed by atoms with van der Waals surface area (Å²) in [5.41, 5.74) is 7.44. The highest BCUT2D eigenvalue weighted by molar-refractivity contribution is 5.99. The third-order valence-electron chi connectivity index (χ3n) is 3.11. The molecule has 1 saturated heterocycles. The summed E-state index contributed by atoms with van der Waals surface area (Å²) < 4.78 is 0. The predicted molar refractivity (Wildman–Crippen MR) is 82.0 cm³/mol. The maximum atomic E-state index is 11.5. The fourth-order valence-electron chi connectivity index (χ4n) is 2.14. The average Bonchev–Trinajstić information content (AvgIpc) is 2.93. The zero-order chi connectivity index (χ0) is 14.4. The van der Waals surface area contributed by atoms with E-state index in [1.807, 2.05) is 24.3 Å². The van der Waals surface area contributed by atoms with Gasteiger partial charge >= 0.3 is 0 Å². The Balaban J connectivity index is 2.09. The molecule has 0 spiro atoms. The van der Waals surface area contributed by atoms with Crippen molar-refractivity contribution in [1.82, 2.24) is 4.90 Å². The molecule has 1 amide bonds. The van der Waals surface area contributed by atoms with Crippen molar-refractivity contribution < 1.29 is 4.79 Å². The van der Waals surface area contributed by atoms with E-state index in [4.69, 9.17) is 5.73 Å². The Kier molecular flexibility index (Phi) is 4.76. The molecule has 0 atom stereocenters. The smallest absolute Gasteiger partial charge is 0.248 e. The van der Waals surface area contributed by atoms with E-state index in [-0.39, 0.29) is 5.91 Å². The van der Waals surface area contributed by atoms with Gasteiger partial charge in [-0.15, -0.1) is 0 Å². The number of hydrogen-bond donors (Lipinski definition) is 2. The largest absolute Gasteiger partial charge is 0.369 e. The van der Waals surface area contributed by atoms with E-state index in [9.17, 15) is 4.79 Å². The summed E-state index contributed by atoms with van der Waals surface area (Å²) in [6.45, 7) is 3.73. The van der Waals surface area contributed by atoms with Crippen LogP contribution in [0.4, 0.5) is 11.4 Å². The molecule has 1 aromatic carbocycles. The number of rotatable bonds is 3. The number of guanidine groups is 1. The Hall–Kier alpha value is -2.30. The number of carbonyl (C=O) groups excluding carboxylic acids is 1. The minimum Gasteiger partial charge on any atom is -0.369 e. The number of aliphatic imine (C=N–C) groups is 1. The van der Waals surface area contributed by atoms with Gasteiger partial charge in [0.2, 0.25) is 5.91 Å². The standard InChI is InChI=1S/C15H20N4O/c1-2-6-14(20)17-12-7-5-8-13(11-12)18-15(16)19-9-3-4-10-19/h2,5-8,11H,3-4,9-10H2,1H3,(H2,16,18)(H,17,20)/b6-2-. The first-order valence-electron chi connectivity index (χ1n) is 6.82. The Morgan fingerprint density at radius 1 is 1.40 bits per heavy atom. The fourth-order valence-corrected chi connectivity index (χ4v) is 2.14. The zero-order valence-corrected chi connectivity index (χ0v) is 11.7. The lowest BCUT2D eigenvalue weighted by molar-refractivity contribution is -0.111. The lowest BCUT2D eigenvalue weighted by atomic mass is 10.3. The number of hydrogen-bond acceptors (Lipinski definition) is 2. The molecule has 1 heterocycles. The van der Waals surface area contributed by atoms with Crippen molar-refractivity contribution in [2.24, 2.45) is 10.7 Å². The molecule has 1 aliphatic heterocycles. The molecule has 5 heteroatoms. The second-order valence-corrected chi connectivity index (χ2v) is 4.70. The summed E-state index contributed by atoms with van der Waals surface area (Å²) >= 11 is 0. The van der Waals surface area contributed by atoms with Crippen LogP contribution >= 0.6 is 0 Å². The SMILES string of the molecule is C/C=C\C(=O)Nc1cccc(N=C(N)N2CCCC2)c1. The highest BCUT2D eigenvalue weighted by Crippen LogP contribution is 2.19. The highest BCUT2D eigenvalue weighted by Gasteiger charge is 2.13. The van der Waals surface area contributed by atoms with E-state index in [0.29, 0.717) is 11.6 Å². The lowest BCUT2D eigenvalue weighted by Gasteiger charge is -2.15. The molecule has 1 aliphatic rings. The van der Waals surface area contributed by atoms with Gasteiger partial charge in [0.1, 0.15) is 0 Å². The average molecular weight is 272 g/mol. The number of likely N-dealkylation sites (tertiary alicyclic amines) is 1. The minimum absolute atomic E-state index is 0.152. The molecule has 20 heavy (non-hydrogen) atoms. The molecule has 2 rings (SSSR count). The molecule has 0 radical (unpaired) electrons. The van der Waals surface area contributed by atoms with Crippen molar-refractivity contribution >= 4 is 23.2 Å². The van der Waals surface area contributed by atoms with E-state index >= 15 is 0 Å². The molecule has 0 saturated carbocycles. The van der Waals surface area contributed by atoms with Crippen molar-refractivity contribution in [2.45, 2.75) is 19.8 Å². The molecule has 0 unspecified atom stereocenters. The number of allylic oxidation sites excluding steroid dienone is 1. The van der Waals surface area contributed by atoms with Crippen molar-refractivity contribution in [3.63, 3.8) is 0 Å². The lowest BCUT2D eigenvalue weighted by Crippen LogP contribution is -2.34. The van der Waals surface area contributed by atoms with Gasteiger partial charge in [-0.1, -0.05) is 12.1 Å². The second kappa shape index (κ2) is 6.75. The quantitative estimate of drug-likeness (QED) is 0.503. The predicted octanol–water partition coefficient (Wildman–Crippen LogP) is 2.24. The molecule has 3 N–H and O–H groups in total. The van der Waals surface area contributed by atoms with E-state index in [1.165, 1.54) is 6.08 Å². The van der Waals surface area contributed by atoms with Crippen LogP contribution < -0.4 is 11.1 Å². The molecule has 5 nitrogen and oxygen atoms in total. The van der Waals surface area contributed by atoms with Crippen LogP contribution in [0.15, 0.2) is 41.4 Å². The summed E-state index contributed by atoms with van der Waals surface area (Å²) in [6, 6.07) is 7.35. The molecular formula is C15H20N4O. The van der Waals surface area contributed by atoms with Crippen molar-refractivity contribution in [1.29, 1.82) is 0 Å². The van der Waals surface area contributed by atoms with Crippen molar-refractivity contribution in [3.8, 4) is 0 Å². The second-order valence-electron chi connectivity index (χ2n) is 4.70. The molecule has 1 aromatic rings. The number of anilines is 1. The topological polar surface area (TPSA) is 70.7 Å². The summed E-state index contributed by atoms with van der Waals surface area (Å²) in [4.78, 5) is 18.0. The van der Waals surface area contributed by atoms with Crippen LogP contribution in [0.1, 0.15) is 19.8 Å². The first-order valence-corrected chi connectivity index (χ1v) is 6.82. The van der Waals surface area contributed by atoms with Gasteiger partial charge in [-0.2, -0.15) is 0 Å². The Morgan fingerprint density at radius 3 is 2.85 bits per heavy atom.